The number of nitrogens with two attached hydrogens (primary N) is 1. The number of anilines is 1. The highest BCUT2D eigenvalue weighted by Gasteiger charge is 2.49. The van der Waals surface area contributed by atoms with Gasteiger partial charge in [0.1, 0.15) is 17.8 Å². The standard InChI is InChI=1S/C20H20N4O5/c1-20(13-5-9-15(29-2)10-6-13)18(27)24(19(28)23-20)11-16(25)22-14-7-3-12(4-8-14)17(21)26/h3-10H,11H2,1-2H3,(H2,21,26)(H,22,25)(H,23,28)/t20-/m1/s1. The Balaban J connectivity index is 1.70. The topological polar surface area (TPSA) is 131 Å². The normalized spacial score (nSPS) is 18.3. The van der Waals surface area contributed by atoms with Crippen molar-refractivity contribution in [2.45, 2.75) is 12.5 Å². The van der Waals surface area contributed by atoms with Gasteiger partial charge in [-0.1, -0.05) is 12.1 Å². The molecule has 0 aliphatic carbocycles. The van der Waals surface area contributed by atoms with E-state index in [0.29, 0.717) is 22.6 Å². The summed E-state index contributed by atoms with van der Waals surface area (Å²) in [6.45, 7) is 1.13. The molecule has 2 aromatic rings. The zero-order valence-corrected chi connectivity index (χ0v) is 15.9. The van der Waals surface area contributed by atoms with Gasteiger partial charge in [0.2, 0.25) is 11.8 Å². The molecule has 0 bridgehead atoms. The molecule has 0 radical (unpaired) electrons. The number of carbonyl (C=O) groups is 4. The number of hydrogen-bond donors (Lipinski definition) is 3. The van der Waals surface area contributed by atoms with Gasteiger partial charge in [0, 0.05) is 11.3 Å². The molecule has 3 rings (SSSR count). The Hall–Kier alpha value is -3.88. The number of benzene rings is 2. The van der Waals surface area contributed by atoms with Crippen LogP contribution in [-0.2, 0) is 15.1 Å². The van der Waals surface area contributed by atoms with Crippen molar-refractivity contribution in [3.05, 3.63) is 59.7 Å². The smallest absolute Gasteiger partial charge is 0.325 e. The van der Waals surface area contributed by atoms with Crippen molar-refractivity contribution in [2.75, 3.05) is 19.0 Å². The molecular weight excluding hydrogens is 376 g/mol. The molecule has 0 saturated carbocycles. The maximum absolute atomic E-state index is 12.9. The molecule has 1 fully saturated rings. The maximum Gasteiger partial charge on any atom is 0.325 e. The number of nitrogens with one attached hydrogen (secondary N) is 2. The summed E-state index contributed by atoms with van der Waals surface area (Å²) < 4.78 is 5.10. The van der Waals surface area contributed by atoms with Crippen molar-refractivity contribution in [2.24, 2.45) is 5.73 Å². The number of hydrogen-bond acceptors (Lipinski definition) is 5. The quantitative estimate of drug-likeness (QED) is 0.632. The Kier molecular flexibility index (Phi) is 5.22. The highest BCUT2D eigenvalue weighted by molar-refractivity contribution is 6.10. The number of methoxy groups -OCH3 is 1. The van der Waals surface area contributed by atoms with Crippen LogP contribution in [0.1, 0.15) is 22.8 Å². The second-order valence-electron chi connectivity index (χ2n) is 6.66. The predicted molar refractivity (Wildman–Crippen MR) is 104 cm³/mol. The fourth-order valence-corrected chi connectivity index (χ4v) is 3.02. The minimum absolute atomic E-state index is 0.298. The third-order valence-electron chi connectivity index (χ3n) is 4.70. The lowest BCUT2D eigenvalue weighted by Gasteiger charge is -2.22. The van der Waals surface area contributed by atoms with E-state index in [-0.39, 0.29) is 0 Å². The van der Waals surface area contributed by atoms with Gasteiger partial charge in [0.05, 0.1) is 7.11 Å². The highest BCUT2D eigenvalue weighted by atomic mass is 16.5. The SMILES string of the molecule is COc1ccc([C@@]2(C)NC(=O)N(CC(=O)Nc3ccc(C(N)=O)cc3)C2=O)cc1. The average Bonchev–Trinajstić information content (AvgIpc) is 2.92. The summed E-state index contributed by atoms with van der Waals surface area (Å²) >= 11 is 0. The molecule has 0 spiro atoms. The number of carbonyl (C=O) groups excluding carboxylic acids is 4. The number of nitrogens with zero attached hydrogens (tertiary/aromatic N) is 1. The Morgan fingerprint density at radius 3 is 2.28 bits per heavy atom. The monoisotopic (exact) mass is 396 g/mol. The van der Waals surface area contributed by atoms with Crippen LogP contribution >= 0.6 is 0 Å². The molecule has 1 aliphatic heterocycles. The van der Waals surface area contributed by atoms with Gasteiger partial charge in [-0.15, -0.1) is 0 Å². The van der Waals surface area contributed by atoms with Gasteiger partial charge in [0.15, 0.2) is 0 Å². The second kappa shape index (κ2) is 7.63. The van der Waals surface area contributed by atoms with Gasteiger partial charge in [-0.2, -0.15) is 0 Å². The van der Waals surface area contributed by atoms with Crippen LogP contribution in [0.4, 0.5) is 10.5 Å². The summed E-state index contributed by atoms with van der Waals surface area (Å²) in [7, 11) is 1.53. The van der Waals surface area contributed by atoms with E-state index >= 15 is 0 Å². The Bertz CT molecular complexity index is 971. The molecule has 29 heavy (non-hydrogen) atoms. The molecule has 1 heterocycles. The Labute approximate surface area is 166 Å². The molecule has 1 aliphatic rings. The molecule has 5 amide bonds. The number of urea groups is 1. The van der Waals surface area contributed by atoms with Crippen LogP contribution in [0.15, 0.2) is 48.5 Å². The van der Waals surface area contributed by atoms with Gasteiger partial charge in [0.25, 0.3) is 5.91 Å². The zero-order chi connectivity index (χ0) is 21.2. The Morgan fingerprint density at radius 2 is 1.72 bits per heavy atom. The fourth-order valence-electron chi connectivity index (χ4n) is 3.02. The van der Waals surface area contributed by atoms with Crippen molar-refractivity contribution >= 4 is 29.4 Å². The summed E-state index contributed by atoms with van der Waals surface area (Å²) in [5.41, 5.74) is 5.16. The van der Waals surface area contributed by atoms with Crippen LogP contribution in [0.25, 0.3) is 0 Å². The summed E-state index contributed by atoms with van der Waals surface area (Å²) in [4.78, 5) is 49.5. The first-order chi connectivity index (χ1) is 13.7. The van der Waals surface area contributed by atoms with Crippen LogP contribution in [0.5, 0.6) is 5.75 Å². The van der Waals surface area contributed by atoms with Gasteiger partial charge >= 0.3 is 6.03 Å². The third kappa shape index (κ3) is 3.88. The van der Waals surface area contributed by atoms with Crippen molar-refractivity contribution in [1.29, 1.82) is 0 Å². The zero-order valence-electron chi connectivity index (χ0n) is 15.9. The molecule has 0 unspecified atom stereocenters. The van der Waals surface area contributed by atoms with Crippen LogP contribution in [0.2, 0.25) is 0 Å². The van der Waals surface area contributed by atoms with E-state index in [1.165, 1.54) is 31.4 Å². The molecule has 1 atom stereocenters. The van der Waals surface area contributed by atoms with Crippen LogP contribution < -0.4 is 21.1 Å². The lowest BCUT2D eigenvalue weighted by molar-refractivity contribution is -0.133. The lowest BCUT2D eigenvalue weighted by atomic mass is 9.92. The predicted octanol–water partition coefficient (Wildman–Crippen LogP) is 1.20. The molecule has 4 N–H and O–H groups in total. The van der Waals surface area contributed by atoms with Crippen molar-refractivity contribution < 1.29 is 23.9 Å². The van der Waals surface area contributed by atoms with Crippen LogP contribution in [0.3, 0.4) is 0 Å². The van der Waals surface area contributed by atoms with Gasteiger partial charge in [-0.05, 0) is 48.9 Å². The summed E-state index contributed by atoms with van der Waals surface area (Å²) in [6.07, 6.45) is 0. The average molecular weight is 396 g/mol. The Morgan fingerprint density at radius 1 is 1.10 bits per heavy atom. The van der Waals surface area contributed by atoms with E-state index in [1.54, 1.807) is 31.2 Å². The van der Waals surface area contributed by atoms with E-state index in [1.807, 2.05) is 0 Å². The van der Waals surface area contributed by atoms with E-state index in [2.05, 4.69) is 10.6 Å². The van der Waals surface area contributed by atoms with E-state index in [4.69, 9.17) is 10.5 Å². The molecule has 1 saturated heterocycles. The first kappa shape index (κ1) is 19.9. The largest absolute Gasteiger partial charge is 0.497 e. The molecule has 150 valence electrons. The van der Waals surface area contributed by atoms with Crippen molar-refractivity contribution in [1.82, 2.24) is 10.2 Å². The van der Waals surface area contributed by atoms with E-state index in [9.17, 15) is 19.2 Å². The second-order valence-corrected chi connectivity index (χ2v) is 6.66. The van der Waals surface area contributed by atoms with E-state index < -0.39 is 35.8 Å². The summed E-state index contributed by atoms with van der Waals surface area (Å²) in [6, 6.07) is 12.0. The number of rotatable bonds is 6. The first-order valence-electron chi connectivity index (χ1n) is 8.73. The minimum atomic E-state index is -1.28. The van der Waals surface area contributed by atoms with Gasteiger partial charge in [-0.25, -0.2) is 4.79 Å². The lowest BCUT2D eigenvalue weighted by Crippen LogP contribution is -2.42. The van der Waals surface area contributed by atoms with Crippen LogP contribution in [-0.4, -0.2) is 42.3 Å². The van der Waals surface area contributed by atoms with E-state index in [0.717, 1.165) is 4.90 Å². The molecule has 9 heteroatoms. The van der Waals surface area contributed by atoms with Gasteiger partial charge < -0.3 is 21.1 Å². The first-order valence-corrected chi connectivity index (χ1v) is 8.73. The minimum Gasteiger partial charge on any atom is -0.497 e. The number of imide groups is 1. The van der Waals surface area contributed by atoms with Crippen molar-refractivity contribution in [3.8, 4) is 5.75 Å². The third-order valence-corrected chi connectivity index (χ3v) is 4.70. The number of amides is 5. The highest BCUT2D eigenvalue weighted by Crippen LogP contribution is 2.30. The maximum atomic E-state index is 12.9. The summed E-state index contributed by atoms with van der Waals surface area (Å²) in [5, 5.41) is 5.22. The molecule has 2 aromatic carbocycles. The van der Waals surface area contributed by atoms with Gasteiger partial charge in [-0.3, -0.25) is 19.3 Å². The molecule has 0 aromatic heterocycles. The van der Waals surface area contributed by atoms with Crippen LogP contribution in [0, 0.1) is 0 Å². The number of ether oxygens (including phenoxy) is 1. The van der Waals surface area contributed by atoms with Crippen molar-refractivity contribution in [3.63, 3.8) is 0 Å². The summed E-state index contributed by atoms with van der Waals surface area (Å²) in [5.74, 6) is -1.06. The molecule has 9 nitrogen and oxygen atoms in total. The number of primary amides is 1. The fraction of sp³-hybridized carbons (Fsp3) is 0.200. The molecular formula is C20H20N4O5.